The van der Waals surface area contributed by atoms with Crippen LogP contribution in [-0.4, -0.2) is 31.7 Å². The van der Waals surface area contributed by atoms with Crippen molar-refractivity contribution in [1.29, 1.82) is 0 Å². The third-order valence-electron chi connectivity index (χ3n) is 5.76. The van der Waals surface area contributed by atoms with Crippen LogP contribution in [0.5, 0.6) is 0 Å². The molecule has 1 heterocycles. The Morgan fingerprint density at radius 2 is 1.60 bits per heavy atom. The SMILES string of the molecule is Cc1cc(C)c(S(=O)(=O)N2CCC(C(=O)N[C@@H](C)c3ccc(Cl)cc3)CC2)c(C)c1. The summed E-state index contributed by atoms with van der Waals surface area (Å²) in [5.41, 5.74) is 3.57. The van der Waals surface area contributed by atoms with Gasteiger partial charge in [-0.15, -0.1) is 0 Å². The Balaban J connectivity index is 1.64. The lowest BCUT2D eigenvalue weighted by Gasteiger charge is -2.32. The van der Waals surface area contributed by atoms with E-state index in [1.165, 1.54) is 4.31 Å². The quantitative estimate of drug-likeness (QED) is 0.729. The lowest BCUT2D eigenvalue weighted by Crippen LogP contribution is -2.43. The largest absolute Gasteiger partial charge is 0.349 e. The molecule has 1 fully saturated rings. The molecular formula is C23H29ClN2O3S. The number of sulfonamides is 1. The molecule has 1 aliphatic heterocycles. The predicted molar refractivity (Wildman–Crippen MR) is 120 cm³/mol. The maximum Gasteiger partial charge on any atom is 0.243 e. The van der Waals surface area contributed by atoms with Crippen molar-refractivity contribution in [3.63, 3.8) is 0 Å². The number of nitrogens with one attached hydrogen (secondary N) is 1. The molecule has 3 rings (SSSR count). The van der Waals surface area contributed by atoms with Gasteiger partial charge in [0.25, 0.3) is 0 Å². The van der Waals surface area contributed by atoms with Crippen molar-refractivity contribution in [1.82, 2.24) is 9.62 Å². The minimum Gasteiger partial charge on any atom is -0.349 e. The number of carbonyl (C=O) groups excluding carboxylic acids is 1. The van der Waals surface area contributed by atoms with Crippen molar-refractivity contribution < 1.29 is 13.2 Å². The van der Waals surface area contributed by atoms with Crippen LogP contribution in [0.15, 0.2) is 41.3 Å². The third-order valence-corrected chi connectivity index (χ3v) is 8.21. The van der Waals surface area contributed by atoms with Gasteiger partial charge in [-0.3, -0.25) is 4.79 Å². The molecule has 0 aromatic heterocycles. The van der Waals surface area contributed by atoms with Crippen LogP contribution in [0.4, 0.5) is 0 Å². The lowest BCUT2D eigenvalue weighted by atomic mass is 9.96. The Bertz CT molecular complexity index is 1000. The van der Waals surface area contributed by atoms with E-state index < -0.39 is 10.0 Å². The fraction of sp³-hybridized carbons (Fsp3) is 0.435. The molecule has 0 unspecified atom stereocenters. The first kappa shape index (κ1) is 22.8. The molecule has 1 saturated heterocycles. The molecule has 162 valence electrons. The van der Waals surface area contributed by atoms with E-state index >= 15 is 0 Å². The molecule has 1 atom stereocenters. The van der Waals surface area contributed by atoms with Crippen molar-refractivity contribution in [3.05, 3.63) is 63.7 Å². The first-order valence-corrected chi connectivity index (χ1v) is 12.0. The van der Waals surface area contributed by atoms with Gasteiger partial charge in [0.15, 0.2) is 0 Å². The van der Waals surface area contributed by atoms with Crippen LogP contribution in [0.1, 0.15) is 48.1 Å². The van der Waals surface area contributed by atoms with Gasteiger partial charge in [-0.1, -0.05) is 41.4 Å². The molecular weight excluding hydrogens is 420 g/mol. The van der Waals surface area contributed by atoms with Crippen LogP contribution in [0.2, 0.25) is 5.02 Å². The van der Waals surface area contributed by atoms with Crippen molar-refractivity contribution in [2.24, 2.45) is 5.92 Å². The monoisotopic (exact) mass is 448 g/mol. The van der Waals surface area contributed by atoms with E-state index in [4.69, 9.17) is 11.6 Å². The Morgan fingerprint density at radius 3 is 2.13 bits per heavy atom. The maximum atomic E-state index is 13.2. The van der Waals surface area contributed by atoms with Crippen LogP contribution in [-0.2, 0) is 14.8 Å². The van der Waals surface area contributed by atoms with Crippen LogP contribution in [0.3, 0.4) is 0 Å². The van der Waals surface area contributed by atoms with Gasteiger partial charge in [-0.2, -0.15) is 4.31 Å². The Morgan fingerprint density at radius 1 is 1.07 bits per heavy atom. The number of hydrogen-bond donors (Lipinski definition) is 1. The number of aryl methyl sites for hydroxylation is 3. The first-order valence-electron chi connectivity index (χ1n) is 10.2. The van der Waals surface area contributed by atoms with Gasteiger partial charge < -0.3 is 5.32 Å². The molecule has 0 spiro atoms. The minimum absolute atomic E-state index is 0.0304. The Hall–Kier alpha value is -1.89. The van der Waals surface area contributed by atoms with E-state index in [0.717, 1.165) is 22.3 Å². The number of halogens is 1. The molecule has 1 amide bonds. The summed E-state index contributed by atoms with van der Waals surface area (Å²) < 4.78 is 28.0. The zero-order chi connectivity index (χ0) is 22.1. The third kappa shape index (κ3) is 4.88. The summed E-state index contributed by atoms with van der Waals surface area (Å²) in [6.45, 7) is 8.27. The van der Waals surface area contributed by atoms with Gasteiger partial charge in [0.1, 0.15) is 0 Å². The van der Waals surface area contributed by atoms with E-state index in [1.54, 1.807) is 12.1 Å². The number of benzene rings is 2. The van der Waals surface area contributed by atoms with Crippen LogP contribution in [0, 0.1) is 26.7 Å². The molecule has 1 aliphatic rings. The molecule has 0 aliphatic carbocycles. The number of amides is 1. The molecule has 2 aromatic rings. The van der Waals surface area contributed by atoms with E-state index in [-0.39, 0.29) is 17.9 Å². The van der Waals surface area contributed by atoms with E-state index in [2.05, 4.69) is 5.32 Å². The molecule has 30 heavy (non-hydrogen) atoms. The van der Waals surface area contributed by atoms with Crippen molar-refractivity contribution in [3.8, 4) is 0 Å². The molecule has 0 bridgehead atoms. The van der Waals surface area contributed by atoms with E-state index in [9.17, 15) is 13.2 Å². The highest BCUT2D eigenvalue weighted by molar-refractivity contribution is 7.89. The fourth-order valence-electron chi connectivity index (χ4n) is 4.23. The smallest absolute Gasteiger partial charge is 0.243 e. The van der Waals surface area contributed by atoms with Crippen LogP contribution in [0.25, 0.3) is 0 Å². The molecule has 0 radical (unpaired) electrons. The van der Waals surface area contributed by atoms with Gasteiger partial charge in [-0.05, 0) is 69.4 Å². The Labute approximate surface area is 184 Å². The summed E-state index contributed by atoms with van der Waals surface area (Å²) in [6, 6.07) is 11.1. The van der Waals surface area contributed by atoms with Gasteiger partial charge in [0.05, 0.1) is 10.9 Å². The van der Waals surface area contributed by atoms with Crippen molar-refractivity contribution in [2.75, 3.05) is 13.1 Å². The second-order valence-corrected chi connectivity index (χ2v) is 10.5. The summed E-state index contributed by atoms with van der Waals surface area (Å²) in [5.74, 6) is -0.219. The number of carbonyl (C=O) groups is 1. The number of piperidine rings is 1. The fourth-order valence-corrected chi connectivity index (χ4v) is 6.23. The molecule has 0 saturated carbocycles. The summed E-state index contributed by atoms with van der Waals surface area (Å²) in [7, 11) is -3.57. The maximum absolute atomic E-state index is 13.2. The average Bonchev–Trinajstić information content (AvgIpc) is 2.67. The topological polar surface area (TPSA) is 66.5 Å². The Kier molecular flexibility index (Phi) is 6.90. The van der Waals surface area contributed by atoms with Crippen molar-refractivity contribution in [2.45, 2.75) is 51.5 Å². The molecule has 1 N–H and O–H groups in total. The summed E-state index contributed by atoms with van der Waals surface area (Å²) in [6.07, 6.45) is 1.03. The summed E-state index contributed by atoms with van der Waals surface area (Å²) >= 11 is 5.92. The van der Waals surface area contributed by atoms with Gasteiger partial charge in [0, 0.05) is 24.0 Å². The highest BCUT2D eigenvalue weighted by atomic mass is 35.5. The second-order valence-electron chi connectivity index (χ2n) is 8.19. The number of rotatable bonds is 5. The van der Waals surface area contributed by atoms with E-state index in [0.29, 0.717) is 35.8 Å². The molecule has 5 nitrogen and oxygen atoms in total. The zero-order valence-corrected chi connectivity index (χ0v) is 19.5. The van der Waals surface area contributed by atoms with Gasteiger partial charge in [0.2, 0.25) is 15.9 Å². The number of nitrogens with zero attached hydrogens (tertiary/aromatic N) is 1. The van der Waals surface area contributed by atoms with Gasteiger partial charge >= 0.3 is 0 Å². The average molecular weight is 449 g/mol. The first-order chi connectivity index (χ1) is 14.1. The predicted octanol–water partition coefficient (Wildman–Crippen LogP) is 4.54. The van der Waals surface area contributed by atoms with Crippen LogP contribution >= 0.6 is 11.6 Å². The summed E-state index contributed by atoms with van der Waals surface area (Å²) in [4.78, 5) is 13.1. The standard InChI is InChI=1S/C23H29ClN2O3S/c1-15-13-16(2)22(17(3)14-15)30(28,29)26-11-9-20(10-12-26)23(27)25-18(4)19-5-7-21(24)8-6-19/h5-8,13-14,18,20H,9-12H2,1-4H3,(H,25,27)/t18-/m0/s1. The lowest BCUT2D eigenvalue weighted by molar-refractivity contribution is -0.126. The minimum atomic E-state index is -3.57. The molecule has 7 heteroatoms. The van der Waals surface area contributed by atoms with Crippen molar-refractivity contribution >= 4 is 27.5 Å². The highest BCUT2D eigenvalue weighted by Crippen LogP contribution is 2.29. The van der Waals surface area contributed by atoms with Gasteiger partial charge in [-0.25, -0.2) is 8.42 Å². The second kappa shape index (κ2) is 9.08. The van der Waals surface area contributed by atoms with E-state index in [1.807, 2.05) is 52.0 Å². The normalized spacial score (nSPS) is 17.0. The summed E-state index contributed by atoms with van der Waals surface area (Å²) in [5, 5.41) is 3.70. The van der Waals surface area contributed by atoms with Crippen LogP contribution < -0.4 is 5.32 Å². The zero-order valence-electron chi connectivity index (χ0n) is 17.9. The highest BCUT2D eigenvalue weighted by Gasteiger charge is 2.34. The molecule has 2 aromatic carbocycles. The number of hydrogen-bond acceptors (Lipinski definition) is 3.